The van der Waals surface area contributed by atoms with Gasteiger partial charge in [-0.1, -0.05) is 12.1 Å². The van der Waals surface area contributed by atoms with Crippen molar-refractivity contribution >= 4 is 11.6 Å². The van der Waals surface area contributed by atoms with Gasteiger partial charge in [-0.25, -0.2) is 5.01 Å². The van der Waals surface area contributed by atoms with E-state index < -0.39 is 0 Å². The lowest BCUT2D eigenvalue weighted by atomic mass is 9.98. The number of amides is 1. The average molecular weight is 324 g/mol. The van der Waals surface area contributed by atoms with Crippen LogP contribution in [0.1, 0.15) is 37.4 Å². The zero-order chi connectivity index (χ0) is 17.1. The first-order valence-corrected chi connectivity index (χ1v) is 7.98. The molecule has 0 aromatic heterocycles. The molecule has 0 saturated heterocycles. The number of aromatic hydroxyl groups is 1. The van der Waals surface area contributed by atoms with E-state index in [0.29, 0.717) is 13.0 Å². The molecule has 0 aliphatic carbocycles. The molecule has 1 amide bonds. The summed E-state index contributed by atoms with van der Waals surface area (Å²) >= 11 is 0. The normalized spacial score (nSPS) is 16.8. The summed E-state index contributed by atoms with van der Waals surface area (Å²) in [6.45, 7) is 4.08. The Bertz CT molecular complexity index is 751. The van der Waals surface area contributed by atoms with Gasteiger partial charge in [0, 0.05) is 13.3 Å². The lowest BCUT2D eigenvalue weighted by Crippen LogP contribution is -2.24. The predicted octanol–water partition coefficient (Wildman–Crippen LogP) is 3.49. The summed E-state index contributed by atoms with van der Waals surface area (Å²) in [5.74, 6) is 0.922. The van der Waals surface area contributed by atoms with E-state index in [9.17, 15) is 9.90 Å². The molecule has 2 aromatic rings. The van der Waals surface area contributed by atoms with Gasteiger partial charge < -0.3 is 9.84 Å². The highest BCUT2D eigenvalue weighted by atomic mass is 16.5. The maximum absolute atomic E-state index is 12.0. The quantitative estimate of drug-likeness (QED) is 0.936. The standard InChI is InChI=1S/C19H20N2O3/c1-3-24-17-10-6-14(7-11-17)18-12-19(21(20-18)13(2)22)15-4-8-16(23)9-5-15/h4-11,19,23H,3,12H2,1-2H3/t19-/m0/s1. The average Bonchev–Trinajstić information content (AvgIpc) is 3.02. The smallest absolute Gasteiger partial charge is 0.240 e. The first-order chi connectivity index (χ1) is 11.6. The van der Waals surface area contributed by atoms with Gasteiger partial charge in [-0.2, -0.15) is 5.10 Å². The van der Waals surface area contributed by atoms with Crippen molar-refractivity contribution in [2.45, 2.75) is 26.3 Å². The molecule has 1 aliphatic heterocycles. The van der Waals surface area contributed by atoms with Crippen molar-refractivity contribution in [3.05, 3.63) is 59.7 Å². The van der Waals surface area contributed by atoms with Crippen molar-refractivity contribution < 1.29 is 14.6 Å². The van der Waals surface area contributed by atoms with Crippen molar-refractivity contribution in [1.29, 1.82) is 0 Å². The van der Waals surface area contributed by atoms with Gasteiger partial charge in [0.2, 0.25) is 5.91 Å². The van der Waals surface area contributed by atoms with Crippen molar-refractivity contribution in [2.75, 3.05) is 6.61 Å². The van der Waals surface area contributed by atoms with Gasteiger partial charge in [0.05, 0.1) is 18.4 Å². The van der Waals surface area contributed by atoms with E-state index in [4.69, 9.17) is 4.74 Å². The summed E-state index contributed by atoms with van der Waals surface area (Å²) < 4.78 is 5.46. The zero-order valence-electron chi connectivity index (χ0n) is 13.8. The van der Waals surface area contributed by atoms with Crippen LogP contribution in [0.2, 0.25) is 0 Å². The van der Waals surface area contributed by atoms with Gasteiger partial charge >= 0.3 is 0 Å². The number of hydrogen-bond acceptors (Lipinski definition) is 4. The van der Waals surface area contributed by atoms with E-state index in [2.05, 4.69) is 5.10 Å². The van der Waals surface area contributed by atoms with E-state index in [1.807, 2.05) is 43.3 Å². The fourth-order valence-electron chi connectivity index (χ4n) is 2.84. The fourth-order valence-corrected chi connectivity index (χ4v) is 2.84. The molecule has 0 unspecified atom stereocenters. The Morgan fingerprint density at radius 1 is 1.21 bits per heavy atom. The third-order valence-electron chi connectivity index (χ3n) is 4.01. The highest BCUT2D eigenvalue weighted by molar-refractivity contribution is 6.03. The lowest BCUT2D eigenvalue weighted by Gasteiger charge is -2.20. The van der Waals surface area contributed by atoms with Crippen molar-refractivity contribution in [3.63, 3.8) is 0 Å². The Morgan fingerprint density at radius 3 is 2.46 bits per heavy atom. The molecule has 0 spiro atoms. The number of benzene rings is 2. The largest absolute Gasteiger partial charge is 0.508 e. The molecule has 0 radical (unpaired) electrons. The third-order valence-corrected chi connectivity index (χ3v) is 4.01. The minimum atomic E-state index is -0.148. The van der Waals surface area contributed by atoms with E-state index in [-0.39, 0.29) is 17.7 Å². The van der Waals surface area contributed by atoms with Crippen LogP contribution in [0, 0.1) is 0 Å². The molecule has 0 bridgehead atoms. The van der Waals surface area contributed by atoms with Crippen LogP contribution in [0.5, 0.6) is 11.5 Å². The Kier molecular flexibility index (Phi) is 4.51. The molecular formula is C19H20N2O3. The van der Waals surface area contributed by atoms with Crippen LogP contribution >= 0.6 is 0 Å². The van der Waals surface area contributed by atoms with Gasteiger partial charge in [-0.15, -0.1) is 0 Å². The minimum absolute atomic E-state index is 0.103. The van der Waals surface area contributed by atoms with Crippen LogP contribution in [0.15, 0.2) is 53.6 Å². The molecule has 24 heavy (non-hydrogen) atoms. The van der Waals surface area contributed by atoms with E-state index in [1.165, 1.54) is 11.9 Å². The Labute approximate surface area is 141 Å². The molecule has 5 nitrogen and oxygen atoms in total. The maximum Gasteiger partial charge on any atom is 0.240 e. The van der Waals surface area contributed by atoms with E-state index >= 15 is 0 Å². The zero-order valence-corrected chi connectivity index (χ0v) is 13.8. The first-order valence-electron chi connectivity index (χ1n) is 7.98. The molecule has 2 aromatic carbocycles. The molecule has 5 heteroatoms. The Morgan fingerprint density at radius 2 is 1.88 bits per heavy atom. The molecule has 0 saturated carbocycles. The predicted molar refractivity (Wildman–Crippen MR) is 92.1 cm³/mol. The number of carbonyl (C=O) groups is 1. The topological polar surface area (TPSA) is 62.1 Å². The number of ether oxygens (including phenoxy) is 1. The molecule has 3 rings (SSSR count). The molecule has 1 aliphatic rings. The lowest BCUT2D eigenvalue weighted by molar-refractivity contribution is -0.130. The van der Waals surface area contributed by atoms with Crippen molar-refractivity contribution in [1.82, 2.24) is 5.01 Å². The third kappa shape index (κ3) is 3.25. The molecule has 1 atom stereocenters. The second-order valence-electron chi connectivity index (χ2n) is 5.68. The number of hydrazone groups is 1. The molecule has 1 N–H and O–H groups in total. The summed E-state index contributed by atoms with van der Waals surface area (Å²) in [5, 5.41) is 15.5. The van der Waals surface area contributed by atoms with E-state index in [1.54, 1.807) is 12.1 Å². The number of rotatable bonds is 4. The van der Waals surface area contributed by atoms with Gasteiger partial charge in [0.25, 0.3) is 0 Å². The Balaban J connectivity index is 1.86. The van der Waals surface area contributed by atoms with Gasteiger partial charge in [0.15, 0.2) is 0 Å². The van der Waals surface area contributed by atoms with Crippen molar-refractivity contribution in [2.24, 2.45) is 5.10 Å². The monoisotopic (exact) mass is 324 g/mol. The highest BCUT2D eigenvalue weighted by Gasteiger charge is 2.31. The van der Waals surface area contributed by atoms with Crippen LogP contribution in [0.4, 0.5) is 0 Å². The van der Waals surface area contributed by atoms with Crippen LogP contribution < -0.4 is 4.74 Å². The van der Waals surface area contributed by atoms with Crippen LogP contribution in [0.25, 0.3) is 0 Å². The minimum Gasteiger partial charge on any atom is -0.508 e. The van der Waals surface area contributed by atoms with Crippen molar-refractivity contribution in [3.8, 4) is 11.5 Å². The van der Waals surface area contributed by atoms with Crippen LogP contribution in [-0.2, 0) is 4.79 Å². The van der Waals surface area contributed by atoms with Gasteiger partial charge in [0.1, 0.15) is 11.5 Å². The second-order valence-corrected chi connectivity index (χ2v) is 5.68. The summed E-state index contributed by atoms with van der Waals surface area (Å²) in [6, 6.07) is 14.5. The number of hydrogen-bond donors (Lipinski definition) is 1. The Hall–Kier alpha value is -2.82. The summed E-state index contributed by atoms with van der Waals surface area (Å²) in [4.78, 5) is 12.0. The number of phenols is 1. The van der Waals surface area contributed by atoms with Gasteiger partial charge in [-0.05, 0) is 54.4 Å². The molecular weight excluding hydrogens is 304 g/mol. The second kappa shape index (κ2) is 6.74. The molecule has 124 valence electrons. The first kappa shape index (κ1) is 16.1. The molecule has 0 fully saturated rings. The summed E-state index contributed by atoms with van der Waals surface area (Å²) in [5.41, 5.74) is 2.80. The SMILES string of the molecule is CCOc1ccc(C2=NN(C(C)=O)[C@H](c3ccc(O)cc3)C2)cc1. The summed E-state index contributed by atoms with van der Waals surface area (Å²) in [7, 11) is 0. The van der Waals surface area contributed by atoms with Crippen LogP contribution in [-0.4, -0.2) is 28.3 Å². The van der Waals surface area contributed by atoms with E-state index in [0.717, 1.165) is 22.6 Å². The van der Waals surface area contributed by atoms with Gasteiger partial charge in [-0.3, -0.25) is 4.79 Å². The maximum atomic E-state index is 12.0. The summed E-state index contributed by atoms with van der Waals surface area (Å²) in [6.07, 6.45) is 0.637. The number of nitrogens with zero attached hydrogens (tertiary/aromatic N) is 2. The number of carbonyl (C=O) groups excluding carboxylic acids is 1. The fraction of sp³-hybridized carbons (Fsp3) is 0.263. The number of phenolic OH excluding ortho intramolecular Hbond substituents is 1. The van der Waals surface area contributed by atoms with Crippen LogP contribution in [0.3, 0.4) is 0 Å². The molecule has 1 heterocycles. The highest BCUT2D eigenvalue weighted by Crippen LogP contribution is 2.33.